The van der Waals surface area contributed by atoms with E-state index in [0.29, 0.717) is 5.56 Å². The highest BCUT2D eigenvalue weighted by Crippen LogP contribution is 2.30. The predicted molar refractivity (Wildman–Crippen MR) is 94.1 cm³/mol. The third kappa shape index (κ3) is 4.72. The first kappa shape index (κ1) is 18.3. The number of aromatic hydroxyl groups is 3. The molecule has 0 atom stereocenters. The molecule has 0 saturated heterocycles. The van der Waals surface area contributed by atoms with E-state index in [1.165, 1.54) is 48.7 Å². The lowest BCUT2D eigenvalue weighted by Crippen LogP contribution is -2.17. The Labute approximate surface area is 148 Å². The summed E-state index contributed by atoms with van der Waals surface area (Å²) in [5.41, 5.74) is 3.19. The number of amides is 1. The van der Waals surface area contributed by atoms with Crippen molar-refractivity contribution in [1.82, 2.24) is 5.43 Å². The van der Waals surface area contributed by atoms with Crippen LogP contribution in [0.5, 0.6) is 17.2 Å². The van der Waals surface area contributed by atoms with Gasteiger partial charge < -0.3 is 20.4 Å². The summed E-state index contributed by atoms with van der Waals surface area (Å²) < 4.78 is 0. The van der Waals surface area contributed by atoms with Crippen molar-refractivity contribution in [3.63, 3.8) is 0 Å². The Balaban J connectivity index is 2.13. The van der Waals surface area contributed by atoms with Crippen LogP contribution in [0, 0.1) is 0 Å². The van der Waals surface area contributed by atoms with Gasteiger partial charge in [0.15, 0.2) is 11.5 Å². The normalized spacial score (nSPS) is 11.3. The van der Waals surface area contributed by atoms with Crippen molar-refractivity contribution in [3.05, 3.63) is 58.1 Å². The molecule has 0 saturated carbocycles. The number of benzene rings is 2. The minimum atomic E-state index is -0.540. The van der Waals surface area contributed by atoms with Crippen molar-refractivity contribution in [1.29, 1.82) is 0 Å². The average Bonchev–Trinajstić information content (AvgIpc) is 2.58. The zero-order chi connectivity index (χ0) is 18.4. The van der Waals surface area contributed by atoms with Gasteiger partial charge in [-0.2, -0.15) is 5.10 Å². The summed E-state index contributed by atoms with van der Waals surface area (Å²) in [6, 6.07) is 6.74. The largest absolute Gasteiger partial charge is 0.506 e. The molecule has 0 heterocycles. The molecule has 25 heavy (non-hydrogen) atoms. The van der Waals surface area contributed by atoms with Gasteiger partial charge in [0.1, 0.15) is 5.75 Å². The van der Waals surface area contributed by atoms with Crippen molar-refractivity contribution >= 4 is 29.8 Å². The lowest BCUT2D eigenvalue weighted by molar-refractivity contribution is 0.0955. The number of rotatable bonds is 5. The topological polar surface area (TPSA) is 122 Å². The number of aliphatic hydroxyl groups excluding tert-OH is 1. The van der Waals surface area contributed by atoms with Gasteiger partial charge in [-0.1, -0.05) is 23.8 Å². The molecule has 5 N–H and O–H groups in total. The van der Waals surface area contributed by atoms with Gasteiger partial charge in [0.05, 0.1) is 17.8 Å². The van der Waals surface area contributed by atoms with Crippen LogP contribution in [0.4, 0.5) is 0 Å². The maximum Gasteiger partial charge on any atom is 0.271 e. The molecular formula is C17H15ClN2O5. The van der Waals surface area contributed by atoms with Gasteiger partial charge in [-0.25, -0.2) is 5.43 Å². The SMILES string of the molecule is O=C(N/N=C/c1cc(O)c(O)c(/C=C/CO)c1)c1ccc(O)c(Cl)c1. The number of nitrogens with one attached hydrogen (secondary N) is 1. The number of hydrogen-bond donors (Lipinski definition) is 5. The van der Waals surface area contributed by atoms with Crippen molar-refractivity contribution in [3.8, 4) is 17.2 Å². The van der Waals surface area contributed by atoms with Gasteiger partial charge in [-0.15, -0.1) is 0 Å². The van der Waals surface area contributed by atoms with Crippen LogP contribution in [0.15, 0.2) is 41.5 Å². The first-order chi connectivity index (χ1) is 11.9. The quantitative estimate of drug-likeness (QED) is 0.317. The number of carbonyl (C=O) groups is 1. The molecule has 2 aromatic rings. The second-order valence-corrected chi connectivity index (χ2v) is 5.34. The zero-order valence-electron chi connectivity index (χ0n) is 12.8. The van der Waals surface area contributed by atoms with E-state index in [2.05, 4.69) is 10.5 Å². The molecule has 0 aliphatic carbocycles. The fourth-order valence-electron chi connectivity index (χ4n) is 1.92. The number of phenols is 3. The Morgan fingerprint density at radius 1 is 1.16 bits per heavy atom. The molecule has 130 valence electrons. The highest BCUT2D eigenvalue weighted by atomic mass is 35.5. The average molecular weight is 363 g/mol. The van der Waals surface area contributed by atoms with Gasteiger partial charge in [0, 0.05) is 11.1 Å². The molecule has 0 spiro atoms. The van der Waals surface area contributed by atoms with Crippen LogP contribution in [-0.2, 0) is 0 Å². The fraction of sp³-hybridized carbons (Fsp3) is 0.0588. The molecule has 0 radical (unpaired) electrons. The monoisotopic (exact) mass is 362 g/mol. The Morgan fingerprint density at radius 2 is 1.92 bits per heavy atom. The van der Waals surface area contributed by atoms with Crippen LogP contribution in [0.2, 0.25) is 5.02 Å². The number of aliphatic hydroxyl groups is 1. The van der Waals surface area contributed by atoms with Gasteiger partial charge in [-0.3, -0.25) is 4.79 Å². The number of halogens is 1. The predicted octanol–water partition coefficient (Wildman–Crippen LogP) is 2.23. The molecule has 0 fully saturated rings. The number of hydrogen-bond acceptors (Lipinski definition) is 6. The Bertz CT molecular complexity index is 849. The molecule has 1 amide bonds. The lowest BCUT2D eigenvalue weighted by atomic mass is 10.1. The van der Waals surface area contributed by atoms with Crippen molar-refractivity contribution in [2.75, 3.05) is 6.61 Å². The van der Waals surface area contributed by atoms with Crippen molar-refractivity contribution < 1.29 is 25.2 Å². The summed E-state index contributed by atoms with van der Waals surface area (Å²) in [5, 5.41) is 41.3. The molecule has 0 aromatic heterocycles. The van der Waals surface area contributed by atoms with E-state index in [9.17, 15) is 20.1 Å². The Hall–Kier alpha value is -3.03. The molecule has 7 nitrogen and oxygen atoms in total. The third-order valence-electron chi connectivity index (χ3n) is 3.13. The molecule has 0 aliphatic heterocycles. The molecule has 8 heteroatoms. The third-order valence-corrected chi connectivity index (χ3v) is 3.44. The van der Waals surface area contributed by atoms with E-state index >= 15 is 0 Å². The van der Waals surface area contributed by atoms with Crippen LogP contribution in [0.1, 0.15) is 21.5 Å². The van der Waals surface area contributed by atoms with E-state index in [-0.39, 0.29) is 40.0 Å². The molecule has 0 aliphatic rings. The standard InChI is InChI=1S/C17H15ClN2O5/c18-13-8-12(3-4-14(13)22)17(25)20-19-9-10-6-11(2-1-5-21)16(24)15(23)7-10/h1-4,6-9,21-24H,5H2,(H,20,25)/b2-1+,19-9+. The Morgan fingerprint density at radius 3 is 2.60 bits per heavy atom. The van der Waals surface area contributed by atoms with Crippen LogP contribution in [0.25, 0.3) is 6.08 Å². The van der Waals surface area contributed by atoms with Crippen LogP contribution >= 0.6 is 11.6 Å². The number of carbonyl (C=O) groups excluding carboxylic acids is 1. The maximum absolute atomic E-state index is 11.9. The molecule has 0 bridgehead atoms. The van der Waals surface area contributed by atoms with Crippen LogP contribution in [0.3, 0.4) is 0 Å². The van der Waals surface area contributed by atoms with E-state index in [1.807, 2.05) is 0 Å². The summed E-state index contributed by atoms with van der Waals surface area (Å²) >= 11 is 5.74. The highest BCUT2D eigenvalue weighted by Gasteiger charge is 2.08. The maximum atomic E-state index is 11.9. The molecule has 2 rings (SSSR count). The van der Waals surface area contributed by atoms with Crippen LogP contribution < -0.4 is 5.43 Å². The smallest absolute Gasteiger partial charge is 0.271 e. The van der Waals surface area contributed by atoms with Gasteiger partial charge in [0.25, 0.3) is 5.91 Å². The summed E-state index contributed by atoms with van der Waals surface area (Å²) in [5.74, 6) is -1.37. The minimum Gasteiger partial charge on any atom is -0.506 e. The summed E-state index contributed by atoms with van der Waals surface area (Å²) in [4.78, 5) is 11.9. The molecular weight excluding hydrogens is 348 g/mol. The summed E-state index contributed by atoms with van der Waals surface area (Å²) in [6.07, 6.45) is 4.10. The van der Waals surface area contributed by atoms with Crippen molar-refractivity contribution in [2.24, 2.45) is 5.10 Å². The molecule has 0 unspecified atom stereocenters. The van der Waals surface area contributed by atoms with E-state index in [4.69, 9.17) is 16.7 Å². The van der Waals surface area contributed by atoms with E-state index in [0.717, 1.165) is 0 Å². The number of hydrazone groups is 1. The summed E-state index contributed by atoms with van der Waals surface area (Å²) in [6.45, 7) is -0.218. The molecule has 2 aromatic carbocycles. The van der Waals surface area contributed by atoms with Gasteiger partial charge in [0.2, 0.25) is 0 Å². The highest BCUT2D eigenvalue weighted by molar-refractivity contribution is 6.32. The Kier molecular flexibility index (Phi) is 5.99. The second-order valence-electron chi connectivity index (χ2n) is 4.93. The first-order valence-corrected chi connectivity index (χ1v) is 7.45. The van der Waals surface area contributed by atoms with Gasteiger partial charge >= 0.3 is 0 Å². The van der Waals surface area contributed by atoms with E-state index in [1.54, 1.807) is 0 Å². The second kappa shape index (κ2) is 8.18. The lowest BCUT2D eigenvalue weighted by Gasteiger charge is -2.05. The summed E-state index contributed by atoms with van der Waals surface area (Å²) in [7, 11) is 0. The van der Waals surface area contributed by atoms with Gasteiger partial charge in [-0.05, 0) is 35.9 Å². The van der Waals surface area contributed by atoms with E-state index < -0.39 is 5.91 Å². The zero-order valence-corrected chi connectivity index (χ0v) is 13.6. The van der Waals surface area contributed by atoms with Crippen molar-refractivity contribution in [2.45, 2.75) is 0 Å². The first-order valence-electron chi connectivity index (χ1n) is 7.07. The number of phenolic OH excluding ortho intramolecular Hbond substituents is 3. The fourth-order valence-corrected chi connectivity index (χ4v) is 2.10. The minimum absolute atomic E-state index is 0.0420. The van der Waals surface area contributed by atoms with Crippen LogP contribution in [-0.4, -0.2) is 39.2 Å². The number of nitrogens with zero attached hydrogens (tertiary/aromatic N) is 1.